The van der Waals surface area contributed by atoms with E-state index in [2.05, 4.69) is 5.32 Å². The standard InChI is InChI=1S/C29H32Cl2N2O3/c1-20-9-8-12-22(15-20)18-33(27(34)19-36-26-14-13-23(30)17-24(26)31)25(28(35)32-29(2,3)4)16-21-10-6-5-7-11-21/h5-15,17,25H,16,18-19H2,1-4H3,(H,32,35)/t25-/m1/s1. The topological polar surface area (TPSA) is 58.6 Å². The molecule has 1 N–H and O–H groups in total. The summed E-state index contributed by atoms with van der Waals surface area (Å²) in [6.45, 7) is 7.73. The van der Waals surface area contributed by atoms with E-state index in [1.807, 2.05) is 82.3 Å². The molecule has 36 heavy (non-hydrogen) atoms. The number of halogens is 2. The van der Waals surface area contributed by atoms with Crippen LogP contribution in [0.5, 0.6) is 5.75 Å². The second-order valence-corrected chi connectivity index (χ2v) is 10.7. The minimum absolute atomic E-state index is 0.225. The van der Waals surface area contributed by atoms with Crippen molar-refractivity contribution in [3.8, 4) is 5.75 Å². The minimum atomic E-state index is -0.746. The van der Waals surface area contributed by atoms with Crippen LogP contribution in [0.15, 0.2) is 72.8 Å². The van der Waals surface area contributed by atoms with E-state index in [0.717, 1.165) is 16.7 Å². The second kappa shape index (κ2) is 12.3. The van der Waals surface area contributed by atoms with Crippen molar-refractivity contribution in [1.82, 2.24) is 10.2 Å². The van der Waals surface area contributed by atoms with Gasteiger partial charge in [0.2, 0.25) is 5.91 Å². The fourth-order valence-corrected chi connectivity index (χ4v) is 4.29. The third kappa shape index (κ3) is 8.28. The first kappa shape index (κ1) is 27.6. The van der Waals surface area contributed by atoms with Crippen LogP contribution < -0.4 is 10.1 Å². The molecule has 0 aliphatic rings. The Morgan fingerprint density at radius 3 is 2.28 bits per heavy atom. The molecule has 2 amide bonds. The van der Waals surface area contributed by atoms with Crippen LogP contribution in [-0.2, 0) is 22.6 Å². The van der Waals surface area contributed by atoms with Gasteiger partial charge in [0.15, 0.2) is 6.61 Å². The van der Waals surface area contributed by atoms with Crippen molar-refractivity contribution in [2.24, 2.45) is 0 Å². The van der Waals surface area contributed by atoms with Gasteiger partial charge in [0.1, 0.15) is 11.8 Å². The number of amides is 2. The molecule has 0 heterocycles. The lowest BCUT2D eigenvalue weighted by atomic mass is 10.0. The third-order valence-electron chi connectivity index (χ3n) is 5.45. The number of nitrogens with zero attached hydrogens (tertiary/aromatic N) is 1. The fourth-order valence-electron chi connectivity index (χ4n) is 3.83. The Morgan fingerprint density at radius 2 is 1.64 bits per heavy atom. The van der Waals surface area contributed by atoms with Crippen LogP contribution in [0.4, 0.5) is 0 Å². The molecule has 0 aliphatic heterocycles. The number of ether oxygens (including phenoxy) is 1. The van der Waals surface area contributed by atoms with Gasteiger partial charge in [-0.1, -0.05) is 83.4 Å². The van der Waals surface area contributed by atoms with E-state index in [0.29, 0.717) is 22.2 Å². The lowest BCUT2D eigenvalue weighted by Gasteiger charge is -2.34. The molecule has 0 bridgehead atoms. The Balaban J connectivity index is 1.94. The van der Waals surface area contributed by atoms with E-state index in [4.69, 9.17) is 27.9 Å². The van der Waals surface area contributed by atoms with E-state index in [-0.39, 0.29) is 25.0 Å². The Kier molecular flexibility index (Phi) is 9.41. The van der Waals surface area contributed by atoms with Crippen LogP contribution >= 0.6 is 23.2 Å². The maximum absolute atomic E-state index is 13.6. The van der Waals surface area contributed by atoms with Crippen molar-refractivity contribution >= 4 is 35.0 Å². The molecule has 5 nitrogen and oxygen atoms in total. The molecule has 3 aromatic carbocycles. The molecule has 3 rings (SSSR count). The zero-order chi connectivity index (χ0) is 26.3. The molecule has 0 fully saturated rings. The number of rotatable bonds is 9. The predicted octanol–water partition coefficient (Wildman–Crippen LogP) is 6.24. The van der Waals surface area contributed by atoms with Gasteiger partial charge in [-0.15, -0.1) is 0 Å². The van der Waals surface area contributed by atoms with Crippen LogP contribution in [-0.4, -0.2) is 34.9 Å². The number of nitrogens with one attached hydrogen (secondary N) is 1. The first-order valence-corrected chi connectivity index (χ1v) is 12.6. The monoisotopic (exact) mass is 526 g/mol. The molecule has 7 heteroatoms. The van der Waals surface area contributed by atoms with E-state index >= 15 is 0 Å². The highest BCUT2D eigenvalue weighted by molar-refractivity contribution is 6.35. The van der Waals surface area contributed by atoms with Crippen LogP contribution in [0.2, 0.25) is 10.0 Å². The van der Waals surface area contributed by atoms with Crippen molar-refractivity contribution < 1.29 is 14.3 Å². The van der Waals surface area contributed by atoms with E-state index < -0.39 is 11.6 Å². The largest absolute Gasteiger partial charge is 0.482 e. The third-order valence-corrected chi connectivity index (χ3v) is 5.98. The first-order chi connectivity index (χ1) is 17.0. The van der Waals surface area contributed by atoms with Crippen molar-refractivity contribution in [1.29, 1.82) is 0 Å². The van der Waals surface area contributed by atoms with Crippen LogP contribution in [0.1, 0.15) is 37.5 Å². The number of carbonyl (C=O) groups excluding carboxylic acids is 2. The van der Waals surface area contributed by atoms with Gasteiger partial charge in [0, 0.05) is 23.5 Å². The molecular weight excluding hydrogens is 495 g/mol. The number of hydrogen-bond donors (Lipinski definition) is 1. The normalized spacial score (nSPS) is 12.1. The van der Waals surface area contributed by atoms with Crippen molar-refractivity contribution in [2.45, 2.75) is 52.2 Å². The summed E-state index contributed by atoms with van der Waals surface area (Å²) in [4.78, 5) is 28.8. The Bertz CT molecular complexity index is 1190. The molecule has 0 radical (unpaired) electrons. The number of hydrogen-bond acceptors (Lipinski definition) is 3. The summed E-state index contributed by atoms with van der Waals surface area (Å²) in [6, 6.07) is 21.7. The second-order valence-electron chi connectivity index (χ2n) is 9.82. The van der Waals surface area contributed by atoms with Crippen LogP contribution in [0.3, 0.4) is 0 Å². The van der Waals surface area contributed by atoms with Crippen molar-refractivity contribution in [3.63, 3.8) is 0 Å². The molecule has 0 saturated carbocycles. The highest BCUT2D eigenvalue weighted by Gasteiger charge is 2.32. The molecule has 1 atom stereocenters. The highest BCUT2D eigenvalue weighted by Crippen LogP contribution is 2.27. The summed E-state index contributed by atoms with van der Waals surface area (Å²) in [6.07, 6.45) is 0.363. The van der Waals surface area contributed by atoms with Gasteiger partial charge in [-0.05, 0) is 57.0 Å². The van der Waals surface area contributed by atoms with Gasteiger partial charge in [-0.25, -0.2) is 0 Å². The van der Waals surface area contributed by atoms with Crippen LogP contribution in [0.25, 0.3) is 0 Å². The minimum Gasteiger partial charge on any atom is -0.482 e. The Morgan fingerprint density at radius 1 is 0.944 bits per heavy atom. The summed E-state index contributed by atoms with van der Waals surface area (Å²) in [5.41, 5.74) is 2.49. The van der Waals surface area contributed by atoms with E-state index in [9.17, 15) is 9.59 Å². The quantitative estimate of drug-likeness (QED) is 0.359. The van der Waals surface area contributed by atoms with Crippen molar-refractivity contribution in [2.75, 3.05) is 6.61 Å². The smallest absolute Gasteiger partial charge is 0.261 e. The number of benzene rings is 3. The molecule has 190 valence electrons. The number of carbonyl (C=O) groups is 2. The van der Waals surface area contributed by atoms with Crippen LogP contribution in [0, 0.1) is 6.92 Å². The summed E-state index contributed by atoms with van der Waals surface area (Å²) in [5.74, 6) is -0.201. The summed E-state index contributed by atoms with van der Waals surface area (Å²) in [5, 5.41) is 3.84. The highest BCUT2D eigenvalue weighted by atomic mass is 35.5. The number of aryl methyl sites for hydroxylation is 1. The fraction of sp³-hybridized carbons (Fsp3) is 0.310. The zero-order valence-electron chi connectivity index (χ0n) is 21.1. The van der Waals surface area contributed by atoms with Gasteiger partial charge in [-0.2, -0.15) is 0 Å². The summed E-state index contributed by atoms with van der Waals surface area (Å²) in [7, 11) is 0. The maximum Gasteiger partial charge on any atom is 0.261 e. The summed E-state index contributed by atoms with van der Waals surface area (Å²) < 4.78 is 5.76. The van der Waals surface area contributed by atoms with Gasteiger partial charge < -0.3 is 15.0 Å². The average molecular weight is 527 g/mol. The molecule has 3 aromatic rings. The van der Waals surface area contributed by atoms with Gasteiger partial charge in [-0.3, -0.25) is 9.59 Å². The van der Waals surface area contributed by atoms with Gasteiger partial charge >= 0.3 is 0 Å². The van der Waals surface area contributed by atoms with Gasteiger partial charge in [0.05, 0.1) is 5.02 Å². The Labute approximate surface area is 223 Å². The van der Waals surface area contributed by atoms with E-state index in [1.165, 1.54) is 0 Å². The average Bonchev–Trinajstić information content (AvgIpc) is 2.80. The maximum atomic E-state index is 13.6. The van der Waals surface area contributed by atoms with E-state index in [1.54, 1.807) is 23.1 Å². The predicted molar refractivity (Wildman–Crippen MR) is 146 cm³/mol. The lowest BCUT2D eigenvalue weighted by Crippen LogP contribution is -2.55. The molecule has 0 saturated heterocycles. The lowest BCUT2D eigenvalue weighted by molar-refractivity contribution is -0.143. The summed E-state index contributed by atoms with van der Waals surface area (Å²) >= 11 is 12.2. The molecule has 0 aliphatic carbocycles. The molecule has 0 unspecified atom stereocenters. The first-order valence-electron chi connectivity index (χ1n) is 11.8. The molecule has 0 aromatic heterocycles. The zero-order valence-corrected chi connectivity index (χ0v) is 22.6. The SMILES string of the molecule is Cc1cccc(CN(C(=O)COc2ccc(Cl)cc2Cl)[C@H](Cc2ccccc2)C(=O)NC(C)(C)C)c1. The Hall–Kier alpha value is -3.02. The molecular formula is C29H32Cl2N2O3. The van der Waals surface area contributed by atoms with Gasteiger partial charge in [0.25, 0.3) is 5.91 Å². The molecule has 0 spiro atoms. The van der Waals surface area contributed by atoms with Crippen molar-refractivity contribution in [3.05, 3.63) is 99.5 Å².